The van der Waals surface area contributed by atoms with Crippen LogP contribution in [0.5, 0.6) is 0 Å². The van der Waals surface area contributed by atoms with Crippen LogP contribution in [0.25, 0.3) is 16.6 Å². The molecule has 3 N–H and O–H groups in total. The van der Waals surface area contributed by atoms with Gasteiger partial charge in [-0.1, -0.05) is 30.7 Å². The first-order valence-electron chi connectivity index (χ1n) is 10.8. The van der Waals surface area contributed by atoms with Gasteiger partial charge in [-0.2, -0.15) is 0 Å². The summed E-state index contributed by atoms with van der Waals surface area (Å²) in [4.78, 5) is 31.0. The lowest BCUT2D eigenvalue weighted by Crippen LogP contribution is -2.38. The predicted molar refractivity (Wildman–Crippen MR) is 125 cm³/mol. The summed E-state index contributed by atoms with van der Waals surface area (Å²) in [7, 11) is 0. The van der Waals surface area contributed by atoms with E-state index in [9.17, 15) is 23.5 Å². The van der Waals surface area contributed by atoms with Crippen molar-refractivity contribution in [2.45, 2.75) is 13.0 Å². The Hall–Kier alpha value is -3.30. The maximum Gasteiger partial charge on any atom is 0.341 e. The third-order valence-electron chi connectivity index (χ3n) is 6.88. The number of hydrogen-bond acceptors (Lipinski definition) is 5. The van der Waals surface area contributed by atoms with Crippen LogP contribution >= 0.6 is 11.6 Å². The highest BCUT2D eigenvalue weighted by Crippen LogP contribution is 2.41. The van der Waals surface area contributed by atoms with E-state index in [4.69, 9.17) is 17.3 Å². The molecule has 0 unspecified atom stereocenters. The predicted octanol–water partition coefficient (Wildman–Crippen LogP) is 3.60. The summed E-state index contributed by atoms with van der Waals surface area (Å²) in [5, 5.41) is 9.52. The van der Waals surface area contributed by atoms with E-state index >= 15 is 0 Å². The third-order valence-corrected chi connectivity index (χ3v) is 7.23. The van der Waals surface area contributed by atoms with Gasteiger partial charge < -0.3 is 20.3 Å². The summed E-state index contributed by atoms with van der Waals surface area (Å²) in [6.45, 7) is 3.37. The van der Waals surface area contributed by atoms with Crippen molar-refractivity contribution >= 4 is 34.3 Å². The molecule has 2 aliphatic rings. The Bertz CT molecular complexity index is 1400. The van der Waals surface area contributed by atoms with E-state index in [2.05, 4.69) is 18.0 Å². The van der Waals surface area contributed by atoms with Gasteiger partial charge in [0.2, 0.25) is 5.43 Å². The third kappa shape index (κ3) is 3.47. The standard InChI is InChI=1S/C24H21ClF2N4O3/c1-11-2-4-18(28)15-9-30(8-14(11)15)23-20(25)21-13(7-29-23)22(32)16(24(33)34)10-31(21)19-5-3-12(26)6-17(19)27/h2-7,10-11,14-15,18H,8-9,28H2,1H3,(H,33,34)/t11-,14-,15-,18+/m0/s1. The number of carboxylic acids is 1. The zero-order valence-electron chi connectivity index (χ0n) is 18.1. The minimum absolute atomic E-state index is 0.0723. The van der Waals surface area contributed by atoms with E-state index in [0.717, 1.165) is 18.3 Å². The number of carbonyl (C=O) groups is 1. The average molecular weight is 487 g/mol. The van der Waals surface area contributed by atoms with Gasteiger partial charge >= 0.3 is 5.97 Å². The second-order valence-electron chi connectivity index (χ2n) is 8.85. The van der Waals surface area contributed by atoms with Crippen LogP contribution in [0.1, 0.15) is 17.3 Å². The Morgan fingerprint density at radius 1 is 1.24 bits per heavy atom. The molecule has 0 bridgehead atoms. The number of rotatable bonds is 3. The zero-order chi connectivity index (χ0) is 24.3. The van der Waals surface area contributed by atoms with E-state index in [1.807, 2.05) is 11.0 Å². The number of nitrogens with two attached hydrogens (primary N) is 1. The second kappa shape index (κ2) is 8.18. The Balaban J connectivity index is 1.72. The van der Waals surface area contributed by atoms with Gasteiger partial charge in [0, 0.05) is 43.5 Å². The molecule has 1 aliphatic carbocycles. The summed E-state index contributed by atoms with van der Waals surface area (Å²) >= 11 is 6.78. The number of aromatic nitrogens is 2. The molecule has 7 nitrogen and oxygen atoms in total. The first kappa shape index (κ1) is 22.5. The highest BCUT2D eigenvalue weighted by Gasteiger charge is 2.41. The van der Waals surface area contributed by atoms with E-state index < -0.39 is 28.6 Å². The molecule has 1 aliphatic heterocycles. The van der Waals surface area contributed by atoms with Crippen molar-refractivity contribution in [3.05, 3.63) is 75.2 Å². The molecule has 0 saturated carbocycles. The smallest absolute Gasteiger partial charge is 0.341 e. The Morgan fingerprint density at radius 2 is 1.97 bits per heavy atom. The Morgan fingerprint density at radius 3 is 2.65 bits per heavy atom. The molecule has 0 amide bonds. The molecule has 34 heavy (non-hydrogen) atoms. The van der Waals surface area contributed by atoms with Gasteiger partial charge in [0.25, 0.3) is 0 Å². The van der Waals surface area contributed by atoms with Gasteiger partial charge in [-0.15, -0.1) is 0 Å². The summed E-state index contributed by atoms with van der Waals surface area (Å²) in [5.74, 6) is -2.02. The summed E-state index contributed by atoms with van der Waals surface area (Å²) in [6, 6.07) is 2.78. The second-order valence-corrected chi connectivity index (χ2v) is 9.23. The summed E-state index contributed by atoms with van der Waals surface area (Å²) in [6.07, 6.45) is 6.37. The molecule has 3 aromatic rings. The first-order chi connectivity index (χ1) is 16.2. The topological polar surface area (TPSA) is 101 Å². The van der Waals surface area contributed by atoms with Gasteiger partial charge in [-0.05, 0) is 24.0 Å². The molecule has 0 radical (unpaired) electrons. The van der Waals surface area contributed by atoms with Gasteiger partial charge in [0.1, 0.15) is 28.0 Å². The van der Waals surface area contributed by atoms with Crippen LogP contribution < -0.4 is 16.1 Å². The molecule has 1 fully saturated rings. The monoisotopic (exact) mass is 486 g/mol. The molecule has 0 spiro atoms. The number of halogens is 3. The van der Waals surface area contributed by atoms with Gasteiger partial charge in [-0.3, -0.25) is 4.79 Å². The summed E-state index contributed by atoms with van der Waals surface area (Å²) < 4.78 is 29.5. The highest BCUT2D eigenvalue weighted by molar-refractivity contribution is 6.37. The van der Waals surface area contributed by atoms with E-state index in [0.29, 0.717) is 36.8 Å². The van der Waals surface area contributed by atoms with Crippen molar-refractivity contribution < 1.29 is 18.7 Å². The van der Waals surface area contributed by atoms with Crippen LogP contribution in [0.3, 0.4) is 0 Å². The number of allylic oxidation sites excluding steroid dienone is 1. The number of hydrogen-bond donors (Lipinski definition) is 2. The van der Waals surface area contributed by atoms with Crippen molar-refractivity contribution in [2.75, 3.05) is 18.0 Å². The molecule has 5 rings (SSSR count). The van der Waals surface area contributed by atoms with Crippen molar-refractivity contribution in [1.29, 1.82) is 0 Å². The number of pyridine rings is 2. The lowest BCUT2D eigenvalue weighted by molar-refractivity contribution is 0.0695. The van der Waals surface area contributed by atoms with Crippen LogP contribution in [-0.4, -0.2) is 39.8 Å². The molecule has 4 atom stereocenters. The normalized spacial score (nSPS) is 24.0. The van der Waals surface area contributed by atoms with Gasteiger partial charge in [0.05, 0.1) is 16.6 Å². The van der Waals surface area contributed by atoms with Crippen molar-refractivity contribution in [3.63, 3.8) is 0 Å². The lowest BCUT2D eigenvalue weighted by Gasteiger charge is -2.30. The first-order valence-corrected chi connectivity index (χ1v) is 11.2. The highest BCUT2D eigenvalue weighted by atomic mass is 35.5. The van der Waals surface area contributed by atoms with Gasteiger partial charge in [0.15, 0.2) is 0 Å². The zero-order valence-corrected chi connectivity index (χ0v) is 18.8. The van der Waals surface area contributed by atoms with E-state index in [1.54, 1.807) is 0 Å². The molecule has 10 heteroatoms. The Labute approximate surface area is 198 Å². The van der Waals surface area contributed by atoms with Crippen molar-refractivity contribution in [3.8, 4) is 5.69 Å². The van der Waals surface area contributed by atoms with Crippen LogP contribution in [-0.2, 0) is 0 Å². The number of fused-ring (bicyclic) bond motifs is 2. The largest absolute Gasteiger partial charge is 0.477 e. The SMILES string of the molecule is C[C@H]1C=C[C@@H](N)[C@H]2CN(c3ncc4c(=O)c(C(=O)O)cn(-c5ccc(F)cc5F)c4c3Cl)C[C@H]21. The quantitative estimate of drug-likeness (QED) is 0.548. The fraction of sp³-hybridized carbons (Fsp3) is 0.292. The molecule has 1 saturated heterocycles. The van der Waals surface area contributed by atoms with E-state index in [-0.39, 0.29) is 33.6 Å². The number of nitrogens with zero attached hydrogens (tertiary/aromatic N) is 3. The molecule has 1 aromatic carbocycles. The molecular formula is C24H21ClF2N4O3. The van der Waals surface area contributed by atoms with Crippen molar-refractivity contribution in [1.82, 2.24) is 9.55 Å². The van der Waals surface area contributed by atoms with Crippen LogP contribution in [0, 0.1) is 29.4 Å². The summed E-state index contributed by atoms with van der Waals surface area (Å²) in [5.41, 5.74) is 4.87. The maximum absolute atomic E-state index is 14.7. The van der Waals surface area contributed by atoms with Gasteiger partial charge in [-0.25, -0.2) is 18.6 Å². The lowest BCUT2D eigenvalue weighted by atomic mass is 9.77. The number of anilines is 1. The number of aromatic carboxylic acids is 1. The minimum atomic E-state index is -1.48. The number of benzene rings is 1. The molecule has 2 aromatic heterocycles. The Kier molecular flexibility index (Phi) is 5.41. The van der Waals surface area contributed by atoms with Crippen LogP contribution in [0.15, 0.2) is 47.5 Å². The molecule has 3 heterocycles. The van der Waals surface area contributed by atoms with Crippen molar-refractivity contribution in [2.24, 2.45) is 23.5 Å². The average Bonchev–Trinajstić information content (AvgIpc) is 3.24. The fourth-order valence-electron chi connectivity index (χ4n) is 5.09. The minimum Gasteiger partial charge on any atom is -0.477 e. The van der Waals surface area contributed by atoms with Crippen LogP contribution in [0.2, 0.25) is 5.02 Å². The number of carboxylic acid groups (broad SMARTS) is 1. The molecular weight excluding hydrogens is 466 g/mol. The van der Waals surface area contributed by atoms with E-state index in [1.165, 1.54) is 10.8 Å². The molecule has 176 valence electrons. The fourth-order valence-corrected chi connectivity index (χ4v) is 5.45. The van der Waals surface area contributed by atoms with Crippen LogP contribution in [0.4, 0.5) is 14.6 Å². The maximum atomic E-state index is 14.7.